The van der Waals surface area contributed by atoms with Crippen molar-refractivity contribution < 1.29 is 9.53 Å². The van der Waals surface area contributed by atoms with Crippen molar-refractivity contribution in [3.8, 4) is 0 Å². The number of ether oxygens (including phenoxy) is 1. The minimum absolute atomic E-state index is 0.280. The number of esters is 1. The summed E-state index contributed by atoms with van der Waals surface area (Å²) < 4.78 is 6.67. The van der Waals surface area contributed by atoms with Gasteiger partial charge in [-0.3, -0.25) is 9.30 Å². The van der Waals surface area contributed by atoms with Gasteiger partial charge in [0.15, 0.2) is 11.5 Å². The van der Waals surface area contributed by atoms with E-state index in [0.29, 0.717) is 5.56 Å². The van der Waals surface area contributed by atoms with Gasteiger partial charge in [-0.05, 0) is 38.1 Å². The average molecular weight is 274 g/mol. The Morgan fingerprint density at radius 3 is 3.05 bits per heavy atom. The van der Waals surface area contributed by atoms with Crippen molar-refractivity contribution in [2.45, 2.75) is 25.8 Å². The molecule has 0 N–H and O–H groups in total. The van der Waals surface area contributed by atoms with Crippen LogP contribution in [0.1, 0.15) is 42.0 Å². The topological polar surface area (TPSA) is 59.7 Å². The molecular weight excluding hydrogens is 256 g/mol. The lowest BCUT2D eigenvalue weighted by Crippen LogP contribution is -2.24. The number of methoxy groups -OCH3 is 1. The summed E-state index contributed by atoms with van der Waals surface area (Å²) in [6.07, 6.45) is 4.02. The zero-order valence-corrected chi connectivity index (χ0v) is 11.7. The van der Waals surface area contributed by atoms with Crippen molar-refractivity contribution in [3.05, 3.63) is 29.7 Å². The van der Waals surface area contributed by atoms with Crippen LogP contribution in [0.2, 0.25) is 0 Å². The molecule has 1 aliphatic rings. The predicted molar refractivity (Wildman–Crippen MR) is 73.5 cm³/mol. The number of likely N-dealkylation sites (tertiary alicyclic amines) is 1. The highest BCUT2D eigenvalue weighted by Crippen LogP contribution is 2.30. The second-order valence-corrected chi connectivity index (χ2v) is 4.98. The lowest BCUT2D eigenvalue weighted by atomic mass is 10.2. The van der Waals surface area contributed by atoms with Crippen molar-refractivity contribution in [2.24, 2.45) is 0 Å². The lowest BCUT2D eigenvalue weighted by Gasteiger charge is -2.21. The highest BCUT2D eigenvalue weighted by molar-refractivity contribution is 5.89. The molecule has 1 saturated heterocycles. The normalized spacial score (nSPS) is 19.6. The number of nitrogens with zero attached hydrogens (tertiary/aromatic N) is 4. The average Bonchev–Trinajstić information content (AvgIpc) is 3.11. The number of rotatable bonds is 3. The molecule has 0 radical (unpaired) electrons. The van der Waals surface area contributed by atoms with Gasteiger partial charge in [0.2, 0.25) is 0 Å². The van der Waals surface area contributed by atoms with Crippen LogP contribution < -0.4 is 0 Å². The highest BCUT2D eigenvalue weighted by Gasteiger charge is 2.28. The molecule has 0 saturated carbocycles. The van der Waals surface area contributed by atoms with E-state index in [4.69, 9.17) is 4.74 Å². The summed E-state index contributed by atoms with van der Waals surface area (Å²) in [4.78, 5) is 14.0. The van der Waals surface area contributed by atoms with Gasteiger partial charge in [0, 0.05) is 6.20 Å². The second kappa shape index (κ2) is 5.20. The van der Waals surface area contributed by atoms with E-state index < -0.39 is 0 Å². The van der Waals surface area contributed by atoms with Crippen LogP contribution in [-0.4, -0.2) is 45.7 Å². The first-order chi connectivity index (χ1) is 9.74. The molecule has 3 rings (SSSR count). The lowest BCUT2D eigenvalue weighted by molar-refractivity contribution is 0.0600. The largest absolute Gasteiger partial charge is 0.465 e. The SMILES string of the molecule is CCN1CCCC1c1nnc2ccc(C(=O)OC)cn12. The van der Waals surface area contributed by atoms with Gasteiger partial charge in [0.25, 0.3) is 0 Å². The number of fused-ring (bicyclic) bond motifs is 1. The van der Waals surface area contributed by atoms with E-state index in [9.17, 15) is 4.79 Å². The molecule has 1 unspecified atom stereocenters. The quantitative estimate of drug-likeness (QED) is 0.797. The van der Waals surface area contributed by atoms with Gasteiger partial charge >= 0.3 is 5.97 Å². The Balaban J connectivity index is 2.05. The van der Waals surface area contributed by atoms with Crippen LogP contribution in [0.3, 0.4) is 0 Å². The zero-order chi connectivity index (χ0) is 14.1. The van der Waals surface area contributed by atoms with E-state index in [1.807, 2.05) is 4.40 Å². The molecule has 0 bridgehead atoms. The summed E-state index contributed by atoms with van der Waals surface area (Å²) in [5.41, 5.74) is 1.28. The number of hydrogen-bond donors (Lipinski definition) is 0. The fraction of sp³-hybridized carbons (Fsp3) is 0.500. The van der Waals surface area contributed by atoms with Crippen molar-refractivity contribution in [1.29, 1.82) is 0 Å². The second-order valence-electron chi connectivity index (χ2n) is 4.98. The molecule has 1 fully saturated rings. The Labute approximate surface area is 117 Å². The monoisotopic (exact) mass is 274 g/mol. The standard InChI is InChI=1S/C14H18N4O2/c1-3-17-8-4-5-11(17)13-16-15-12-7-6-10(9-18(12)13)14(19)20-2/h6-7,9,11H,3-5,8H2,1-2H3. The molecule has 6 nitrogen and oxygen atoms in total. The summed E-state index contributed by atoms with van der Waals surface area (Å²) in [5, 5.41) is 8.51. The summed E-state index contributed by atoms with van der Waals surface area (Å²) >= 11 is 0. The van der Waals surface area contributed by atoms with Gasteiger partial charge in [0.05, 0.1) is 18.7 Å². The van der Waals surface area contributed by atoms with E-state index in [2.05, 4.69) is 22.0 Å². The Kier molecular flexibility index (Phi) is 3.40. The summed E-state index contributed by atoms with van der Waals surface area (Å²) in [6, 6.07) is 3.79. The Morgan fingerprint density at radius 2 is 2.30 bits per heavy atom. The van der Waals surface area contributed by atoms with Crippen LogP contribution in [0.5, 0.6) is 0 Å². The van der Waals surface area contributed by atoms with Crippen LogP contribution in [0, 0.1) is 0 Å². The van der Waals surface area contributed by atoms with Crippen LogP contribution in [0.15, 0.2) is 18.3 Å². The van der Waals surface area contributed by atoms with E-state index in [0.717, 1.165) is 31.0 Å². The molecule has 0 aromatic carbocycles. The predicted octanol–water partition coefficient (Wildman–Crippen LogP) is 1.67. The number of hydrogen-bond acceptors (Lipinski definition) is 5. The van der Waals surface area contributed by atoms with Crippen molar-refractivity contribution in [1.82, 2.24) is 19.5 Å². The fourth-order valence-electron chi connectivity index (χ4n) is 2.87. The molecule has 6 heteroatoms. The van der Waals surface area contributed by atoms with E-state index >= 15 is 0 Å². The molecule has 2 aromatic heterocycles. The first-order valence-electron chi connectivity index (χ1n) is 6.91. The van der Waals surface area contributed by atoms with Crippen LogP contribution in [0.4, 0.5) is 0 Å². The first-order valence-corrected chi connectivity index (χ1v) is 6.91. The molecule has 3 heterocycles. The van der Waals surface area contributed by atoms with Crippen LogP contribution >= 0.6 is 0 Å². The number of aromatic nitrogens is 3. The highest BCUT2D eigenvalue weighted by atomic mass is 16.5. The third-order valence-corrected chi connectivity index (χ3v) is 3.92. The number of pyridine rings is 1. The van der Waals surface area contributed by atoms with E-state index in [1.54, 1.807) is 18.3 Å². The van der Waals surface area contributed by atoms with Crippen LogP contribution in [-0.2, 0) is 4.74 Å². The van der Waals surface area contributed by atoms with Crippen molar-refractivity contribution in [2.75, 3.05) is 20.2 Å². The number of carbonyl (C=O) groups excluding carboxylic acids is 1. The summed E-state index contributed by atoms with van der Waals surface area (Å²) in [7, 11) is 1.38. The molecule has 1 atom stereocenters. The third-order valence-electron chi connectivity index (χ3n) is 3.92. The Bertz CT molecular complexity index is 637. The minimum atomic E-state index is -0.342. The third kappa shape index (κ3) is 2.06. The van der Waals surface area contributed by atoms with Gasteiger partial charge in [-0.25, -0.2) is 4.79 Å². The maximum absolute atomic E-state index is 11.6. The minimum Gasteiger partial charge on any atom is -0.465 e. The van der Waals surface area contributed by atoms with Crippen molar-refractivity contribution in [3.63, 3.8) is 0 Å². The van der Waals surface area contributed by atoms with Gasteiger partial charge in [-0.2, -0.15) is 0 Å². The molecular formula is C14H18N4O2. The Hall–Kier alpha value is -1.95. The molecule has 0 amide bonds. The van der Waals surface area contributed by atoms with E-state index in [1.165, 1.54) is 13.5 Å². The smallest absolute Gasteiger partial charge is 0.339 e. The summed E-state index contributed by atoms with van der Waals surface area (Å²) in [5.74, 6) is 0.565. The van der Waals surface area contributed by atoms with Crippen molar-refractivity contribution >= 4 is 11.6 Å². The zero-order valence-electron chi connectivity index (χ0n) is 11.7. The molecule has 1 aliphatic heterocycles. The molecule has 20 heavy (non-hydrogen) atoms. The van der Waals surface area contributed by atoms with Crippen LogP contribution in [0.25, 0.3) is 5.65 Å². The molecule has 0 spiro atoms. The fourth-order valence-corrected chi connectivity index (χ4v) is 2.87. The number of carbonyl (C=O) groups is 1. The van der Waals surface area contributed by atoms with Gasteiger partial charge in [-0.15, -0.1) is 10.2 Å². The van der Waals surface area contributed by atoms with E-state index in [-0.39, 0.29) is 12.0 Å². The van der Waals surface area contributed by atoms with Gasteiger partial charge in [0.1, 0.15) is 0 Å². The van der Waals surface area contributed by atoms with Gasteiger partial charge < -0.3 is 4.74 Å². The molecule has 0 aliphatic carbocycles. The maximum atomic E-state index is 11.6. The maximum Gasteiger partial charge on any atom is 0.339 e. The first kappa shape index (κ1) is 13.1. The molecule has 106 valence electrons. The Morgan fingerprint density at radius 1 is 1.45 bits per heavy atom. The van der Waals surface area contributed by atoms with Gasteiger partial charge in [-0.1, -0.05) is 6.92 Å². The summed E-state index contributed by atoms with van der Waals surface area (Å²) in [6.45, 7) is 4.24. The molecule has 2 aromatic rings.